The van der Waals surface area contributed by atoms with Crippen LogP contribution in [-0.4, -0.2) is 52.4 Å². The predicted octanol–water partition coefficient (Wildman–Crippen LogP) is -0.704. The Morgan fingerprint density at radius 3 is 2.60 bits per heavy atom. The lowest BCUT2D eigenvalue weighted by Crippen LogP contribution is -2.55. The molecule has 0 saturated carbocycles. The van der Waals surface area contributed by atoms with E-state index >= 15 is 0 Å². The Kier molecular flexibility index (Phi) is 3.91. The maximum absolute atomic E-state index is 12.1. The van der Waals surface area contributed by atoms with Crippen molar-refractivity contribution >= 4 is 23.8 Å². The molecule has 0 spiro atoms. The number of hydrogen-bond acceptors (Lipinski definition) is 4. The molecule has 8 nitrogen and oxygen atoms in total. The minimum Gasteiger partial charge on any atom is -0.481 e. The molecule has 110 valence electrons. The maximum atomic E-state index is 12.1. The van der Waals surface area contributed by atoms with Gasteiger partial charge < -0.3 is 15.3 Å². The van der Waals surface area contributed by atoms with Crippen molar-refractivity contribution in [3.05, 3.63) is 0 Å². The van der Waals surface area contributed by atoms with Crippen LogP contribution in [0.15, 0.2) is 0 Å². The molecule has 2 heterocycles. The third-order valence-electron chi connectivity index (χ3n) is 3.87. The highest BCUT2D eigenvalue weighted by molar-refractivity contribution is 6.01. The van der Waals surface area contributed by atoms with Crippen LogP contribution in [0.1, 0.15) is 26.2 Å². The highest BCUT2D eigenvalue weighted by Crippen LogP contribution is 2.24. The summed E-state index contributed by atoms with van der Waals surface area (Å²) in [6.45, 7) is 2.02. The third kappa shape index (κ3) is 2.73. The van der Waals surface area contributed by atoms with Crippen LogP contribution in [0.5, 0.6) is 0 Å². The summed E-state index contributed by atoms with van der Waals surface area (Å²) in [6.07, 6.45) is 0.851. The molecule has 2 saturated heterocycles. The molecule has 3 N–H and O–H groups in total. The molecule has 0 aromatic rings. The number of nitrogens with zero attached hydrogens (tertiary/aromatic N) is 1. The van der Waals surface area contributed by atoms with Crippen molar-refractivity contribution in [3.63, 3.8) is 0 Å². The monoisotopic (exact) mass is 283 g/mol. The van der Waals surface area contributed by atoms with Gasteiger partial charge in [0.25, 0.3) is 0 Å². The minimum absolute atomic E-state index is 0.185. The second-order valence-electron chi connectivity index (χ2n) is 5.12. The molecule has 0 radical (unpaired) electrons. The SMILES string of the molecule is CC1C(C(=O)O)CCN1C(=O)NC1CCC(=O)NC1=O. The van der Waals surface area contributed by atoms with Gasteiger partial charge in [-0.15, -0.1) is 0 Å². The largest absolute Gasteiger partial charge is 0.481 e. The third-order valence-corrected chi connectivity index (χ3v) is 3.87. The summed E-state index contributed by atoms with van der Waals surface area (Å²) in [6, 6.07) is -1.62. The fraction of sp³-hybridized carbons (Fsp3) is 0.667. The number of carbonyl (C=O) groups excluding carboxylic acids is 3. The Labute approximate surface area is 115 Å². The first-order valence-electron chi connectivity index (χ1n) is 6.53. The smallest absolute Gasteiger partial charge is 0.318 e. The number of carboxylic acid groups (broad SMARTS) is 1. The summed E-state index contributed by atoms with van der Waals surface area (Å²) in [5, 5.41) is 13.7. The van der Waals surface area contributed by atoms with Gasteiger partial charge in [-0.2, -0.15) is 0 Å². The van der Waals surface area contributed by atoms with Gasteiger partial charge in [0, 0.05) is 19.0 Å². The van der Waals surface area contributed by atoms with Crippen molar-refractivity contribution < 1.29 is 24.3 Å². The summed E-state index contributed by atoms with van der Waals surface area (Å²) in [5.41, 5.74) is 0. The molecule has 3 unspecified atom stereocenters. The number of amides is 4. The molecule has 0 aliphatic carbocycles. The summed E-state index contributed by atoms with van der Waals surface area (Å²) >= 11 is 0. The predicted molar refractivity (Wildman–Crippen MR) is 66.6 cm³/mol. The van der Waals surface area contributed by atoms with E-state index in [2.05, 4.69) is 10.6 Å². The molecule has 3 atom stereocenters. The Morgan fingerprint density at radius 2 is 2.05 bits per heavy atom. The van der Waals surface area contributed by atoms with Crippen LogP contribution < -0.4 is 10.6 Å². The molecular formula is C12H17N3O5. The number of aliphatic carboxylic acids is 1. The zero-order chi connectivity index (χ0) is 14.9. The number of likely N-dealkylation sites (tertiary alicyclic amines) is 1. The summed E-state index contributed by atoms with van der Waals surface area (Å²) in [7, 11) is 0. The Bertz CT molecular complexity index is 464. The van der Waals surface area contributed by atoms with Crippen LogP contribution in [0.3, 0.4) is 0 Å². The fourth-order valence-corrected chi connectivity index (χ4v) is 2.62. The van der Waals surface area contributed by atoms with Gasteiger partial charge in [-0.1, -0.05) is 0 Å². The normalized spacial score (nSPS) is 30.1. The van der Waals surface area contributed by atoms with E-state index < -0.39 is 35.9 Å². The van der Waals surface area contributed by atoms with E-state index in [0.29, 0.717) is 13.0 Å². The molecule has 4 amide bonds. The number of rotatable bonds is 2. The molecule has 8 heteroatoms. The van der Waals surface area contributed by atoms with E-state index in [1.807, 2.05) is 0 Å². The Balaban J connectivity index is 1.94. The van der Waals surface area contributed by atoms with Crippen molar-refractivity contribution in [2.24, 2.45) is 5.92 Å². The van der Waals surface area contributed by atoms with Gasteiger partial charge >= 0.3 is 12.0 Å². The molecule has 2 aliphatic rings. The first-order chi connectivity index (χ1) is 9.40. The van der Waals surface area contributed by atoms with Gasteiger partial charge in [0.05, 0.1) is 5.92 Å². The van der Waals surface area contributed by atoms with E-state index in [-0.39, 0.29) is 18.7 Å². The quantitative estimate of drug-likeness (QED) is 0.579. The van der Waals surface area contributed by atoms with Crippen LogP contribution in [0.4, 0.5) is 4.79 Å². The van der Waals surface area contributed by atoms with Crippen molar-refractivity contribution in [2.75, 3.05) is 6.54 Å². The number of carbonyl (C=O) groups is 4. The molecule has 2 rings (SSSR count). The minimum atomic E-state index is -0.922. The summed E-state index contributed by atoms with van der Waals surface area (Å²) in [5.74, 6) is -2.37. The molecule has 0 aromatic carbocycles. The van der Waals surface area contributed by atoms with E-state index in [1.165, 1.54) is 4.90 Å². The van der Waals surface area contributed by atoms with Gasteiger partial charge in [-0.25, -0.2) is 4.79 Å². The molecule has 20 heavy (non-hydrogen) atoms. The van der Waals surface area contributed by atoms with Crippen LogP contribution in [0.2, 0.25) is 0 Å². The second kappa shape index (κ2) is 5.48. The van der Waals surface area contributed by atoms with Gasteiger partial charge in [0.2, 0.25) is 11.8 Å². The number of hydrogen-bond donors (Lipinski definition) is 3. The van der Waals surface area contributed by atoms with Crippen LogP contribution in [-0.2, 0) is 14.4 Å². The number of piperidine rings is 1. The molecule has 0 bridgehead atoms. The zero-order valence-corrected chi connectivity index (χ0v) is 11.1. The number of urea groups is 1. The fourth-order valence-electron chi connectivity index (χ4n) is 2.62. The highest BCUT2D eigenvalue weighted by atomic mass is 16.4. The van der Waals surface area contributed by atoms with Gasteiger partial charge in [-0.3, -0.25) is 19.7 Å². The lowest BCUT2D eigenvalue weighted by Gasteiger charge is -2.28. The van der Waals surface area contributed by atoms with Crippen molar-refractivity contribution in [2.45, 2.75) is 38.3 Å². The van der Waals surface area contributed by atoms with E-state index in [1.54, 1.807) is 6.92 Å². The lowest BCUT2D eigenvalue weighted by atomic mass is 10.0. The number of nitrogens with one attached hydrogen (secondary N) is 2. The van der Waals surface area contributed by atoms with Gasteiger partial charge in [-0.05, 0) is 19.8 Å². The summed E-state index contributed by atoms with van der Waals surface area (Å²) in [4.78, 5) is 47.1. The standard InChI is InChI=1S/C12H17N3O5/c1-6-7(11(18)19)4-5-15(6)12(20)13-8-2-3-9(16)14-10(8)17/h6-8H,2-5H2,1H3,(H,13,20)(H,18,19)(H,14,16,17). The number of carboxylic acids is 1. The lowest BCUT2D eigenvalue weighted by molar-refractivity contribution is -0.142. The first kappa shape index (κ1) is 14.3. The maximum Gasteiger partial charge on any atom is 0.318 e. The van der Waals surface area contributed by atoms with Crippen LogP contribution in [0.25, 0.3) is 0 Å². The van der Waals surface area contributed by atoms with Gasteiger partial charge in [0.1, 0.15) is 6.04 Å². The average Bonchev–Trinajstić information content (AvgIpc) is 2.74. The van der Waals surface area contributed by atoms with Crippen LogP contribution in [0, 0.1) is 5.92 Å². The van der Waals surface area contributed by atoms with Crippen molar-refractivity contribution in [1.82, 2.24) is 15.5 Å². The molecule has 0 aromatic heterocycles. The highest BCUT2D eigenvalue weighted by Gasteiger charge is 2.39. The van der Waals surface area contributed by atoms with Crippen molar-refractivity contribution in [3.8, 4) is 0 Å². The van der Waals surface area contributed by atoms with Crippen LogP contribution >= 0.6 is 0 Å². The van der Waals surface area contributed by atoms with Gasteiger partial charge in [0.15, 0.2) is 0 Å². The van der Waals surface area contributed by atoms with E-state index in [9.17, 15) is 19.2 Å². The first-order valence-corrected chi connectivity index (χ1v) is 6.53. The topological polar surface area (TPSA) is 116 Å². The zero-order valence-electron chi connectivity index (χ0n) is 11.1. The summed E-state index contributed by atoms with van der Waals surface area (Å²) < 4.78 is 0. The molecule has 2 aliphatic heterocycles. The second-order valence-corrected chi connectivity index (χ2v) is 5.12. The van der Waals surface area contributed by atoms with E-state index in [0.717, 1.165) is 0 Å². The van der Waals surface area contributed by atoms with E-state index in [4.69, 9.17) is 5.11 Å². The Hall–Kier alpha value is -2.12. The number of imide groups is 1. The average molecular weight is 283 g/mol. The van der Waals surface area contributed by atoms with Crippen molar-refractivity contribution in [1.29, 1.82) is 0 Å². The molecule has 2 fully saturated rings. The Morgan fingerprint density at radius 1 is 1.35 bits per heavy atom. The molecular weight excluding hydrogens is 266 g/mol.